The summed E-state index contributed by atoms with van der Waals surface area (Å²) in [6, 6.07) is 13.9. The van der Waals surface area contributed by atoms with Gasteiger partial charge < -0.3 is 19.9 Å². The van der Waals surface area contributed by atoms with Crippen LogP contribution in [0.1, 0.15) is 76.3 Å². The zero-order valence-corrected chi connectivity index (χ0v) is 25.9. The van der Waals surface area contributed by atoms with Crippen LogP contribution in [0.5, 0.6) is 5.75 Å². The summed E-state index contributed by atoms with van der Waals surface area (Å²) in [5.41, 5.74) is 6.82. The molecule has 0 amide bonds. The average molecular weight is 592 g/mol. The average Bonchev–Trinajstić information content (AvgIpc) is 3.52. The maximum Gasteiger partial charge on any atom is 0.340 e. The van der Waals surface area contributed by atoms with Crippen LogP contribution in [-0.2, 0) is 25.6 Å². The molecule has 1 saturated heterocycles. The zero-order chi connectivity index (χ0) is 30.6. The second-order valence-corrected chi connectivity index (χ2v) is 12.9. The first-order valence-corrected chi connectivity index (χ1v) is 16.3. The SMILES string of the molecule is CCCC=C1OC(=O)C2=C1CC[C@H]1[C@@H]3CC[C@]4(C(=CCCC)OC(=O)C4=C3c3cc(O)ccc3-c3cccc(CNC)c3)[C@H]21. The highest BCUT2D eigenvalue weighted by Gasteiger charge is 2.68. The highest BCUT2D eigenvalue weighted by Crippen LogP contribution is 2.72. The molecule has 4 atom stereocenters. The Labute approximate surface area is 259 Å². The van der Waals surface area contributed by atoms with Crippen molar-refractivity contribution in [2.45, 2.75) is 71.8 Å². The molecular formula is C38H41NO5. The van der Waals surface area contributed by atoms with Crippen LogP contribution in [0.2, 0.25) is 0 Å². The molecule has 6 nitrogen and oxygen atoms in total. The molecule has 0 radical (unpaired) electrons. The molecule has 2 N–H and O–H groups in total. The maximum atomic E-state index is 14.1. The number of fused-ring (bicyclic) bond motifs is 1. The minimum absolute atomic E-state index is 0.0570. The van der Waals surface area contributed by atoms with E-state index in [9.17, 15) is 14.7 Å². The van der Waals surface area contributed by atoms with Gasteiger partial charge in [-0.25, -0.2) is 9.59 Å². The molecule has 8 rings (SSSR count). The number of phenolic OH excluding ortho intramolecular Hbond substituents is 1. The largest absolute Gasteiger partial charge is 0.508 e. The van der Waals surface area contributed by atoms with Crippen molar-refractivity contribution in [1.29, 1.82) is 0 Å². The Morgan fingerprint density at radius 1 is 0.955 bits per heavy atom. The molecule has 6 heteroatoms. The number of carbonyl (C=O) groups excluding carboxylic acids is 2. The Balaban J connectivity index is 1.48. The summed E-state index contributed by atoms with van der Waals surface area (Å²) in [5.74, 6) is 1.06. The standard InChI is InChI=1S/C38H41NO5/c1-4-6-11-30-28-16-15-27-26-17-18-38(34(27)33(28)36(41)43-30)31(12-7-5-2)44-37(42)35(38)32(26)29-20-24(40)13-14-25(29)23-10-8-9-22(19-23)21-39-3/h8-14,19-20,26-27,34,39-40H,4-7,15-18,21H2,1-3H3/t26-,27-,34-,38-/m0/s1. The molecule has 0 unspecified atom stereocenters. The van der Waals surface area contributed by atoms with Crippen LogP contribution in [0.15, 0.2) is 82.9 Å². The summed E-state index contributed by atoms with van der Waals surface area (Å²) < 4.78 is 12.2. The van der Waals surface area contributed by atoms with Crippen molar-refractivity contribution in [3.63, 3.8) is 0 Å². The molecule has 44 heavy (non-hydrogen) atoms. The van der Waals surface area contributed by atoms with Crippen molar-refractivity contribution in [2.75, 3.05) is 7.05 Å². The van der Waals surface area contributed by atoms with Gasteiger partial charge in [0.15, 0.2) is 0 Å². The smallest absolute Gasteiger partial charge is 0.340 e. The van der Waals surface area contributed by atoms with Gasteiger partial charge >= 0.3 is 11.9 Å². The quantitative estimate of drug-likeness (QED) is 0.306. The van der Waals surface area contributed by atoms with E-state index in [0.29, 0.717) is 11.3 Å². The van der Waals surface area contributed by atoms with Crippen molar-refractivity contribution < 1.29 is 24.2 Å². The van der Waals surface area contributed by atoms with Gasteiger partial charge in [-0.05, 0) is 116 Å². The fourth-order valence-corrected chi connectivity index (χ4v) is 8.87. The number of rotatable bonds is 8. The molecule has 1 saturated carbocycles. The minimum atomic E-state index is -0.724. The summed E-state index contributed by atoms with van der Waals surface area (Å²) in [6.45, 7) is 4.98. The van der Waals surface area contributed by atoms with E-state index in [4.69, 9.17) is 9.47 Å². The summed E-state index contributed by atoms with van der Waals surface area (Å²) in [6.07, 6.45) is 11.1. The van der Waals surface area contributed by atoms with Crippen LogP contribution in [-0.4, -0.2) is 24.1 Å². The summed E-state index contributed by atoms with van der Waals surface area (Å²) in [5, 5.41) is 14.1. The number of aromatic hydroxyl groups is 1. The third kappa shape index (κ3) is 4.25. The van der Waals surface area contributed by atoms with Gasteiger partial charge in [-0.2, -0.15) is 0 Å². The second-order valence-electron chi connectivity index (χ2n) is 12.9. The lowest BCUT2D eigenvalue weighted by molar-refractivity contribution is -0.135. The number of hydrogen-bond acceptors (Lipinski definition) is 6. The lowest BCUT2D eigenvalue weighted by Gasteiger charge is -2.56. The Hall–Kier alpha value is -3.90. The van der Waals surface area contributed by atoms with E-state index in [0.717, 1.165) is 103 Å². The van der Waals surface area contributed by atoms with E-state index in [1.54, 1.807) is 6.07 Å². The van der Waals surface area contributed by atoms with Crippen molar-refractivity contribution >= 4 is 17.5 Å². The minimum Gasteiger partial charge on any atom is -0.508 e. The molecule has 4 aliphatic carbocycles. The molecule has 2 aromatic carbocycles. The van der Waals surface area contributed by atoms with Gasteiger partial charge in [-0.1, -0.05) is 51.0 Å². The van der Waals surface area contributed by atoms with Crippen molar-refractivity contribution in [1.82, 2.24) is 5.32 Å². The van der Waals surface area contributed by atoms with Gasteiger partial charge in [0.05, 0.1) is 11.0 Å². The van der Waals surface area contributed by atoms with Gasteiger partial charge in [-0.3, -0.25) is 0 Å². The number of hydrogen-bond donors (Lipinski definition) is 2. The molecule has 0 aromatic heterocycles. The lowest BCUT2D eigenvalue weighted by Crippen LogP contribution is -2.52. The third-order valence-electron chi connectivity index (χ3n) is 10.5. The molecule has 2 heterocycles. The topological polar surface area (TPSA) is 84.9 Å². The highest BCUT2D eigenvalue weighted by atomic mass is 16.5. The lowest BCUT2D eigenvalue weighted by atomic mass is 9.44. The summed E-state index contributed by atoms with van der Waals surface area (Å²) in [7, 11) is 1.93. The van der Waals surface area contributed by atoms with Gasteiger partial charge in [0, 0.05) is 23.6 Å². The molecule has 228 valence electrons. The number of ether oxygens (including phenoxy) is 2. The first-order chi connectivity index (χ1) is 21.4. The van der Waals surface area contributed by atoms with Crippen LogP contribution in [0.25, 0.3) is 16.7 Å². The molecule has 2 aliphatic heterocycles. The van der Waals surface area contributed by atoms with Crippen LogP contribution < -0.4 is 5.32 Å². The van der Waals surface area contributed by atoms with Crippen LogP contribution in [0.4, 0.5) is 0 Å². The van der Waals surface area contributed by atoms with Crippen molar-refractivity contribution in [2.24, 2.45) is 23.2 Å². The number of benzene rings is 2. The monoisotopic (exact) mass is 591 g/mol. The van der Waals surface area contributed by atoms with E-state index in [2.05, 4.69) is 55.6 Å². The summed E-state index contributed by atoms with van der Waals surface area (Å²) >= 11 is 0. The number of nitrogens with one attached hydrogen (secondary N) is 1. The zero-order valence-electron chi connectivity index (χ0n) is 25.9. The number of esters is 2. The Kier molecular flexibility index (Phi) is 7.36. The fraction of sp³-hybridized carbons (Fsp3) is 0.421. The van der Waals surface area contributed by atoms with E-state index in [-0.39, 0.29) is 35.4 Å². The number of carbonyl (C=O) groups is 2. The van der Waals surface area contributed by atoms with Crippen LogP contribution >= 0.6 is 0 Å². The van der Waals surface area contributed by atoms with Crippen molar-refractivity contribution in [3.8, 4) is 16.9 Å². The van der Waals surface area contributed by atoms with E-state index in [1.165, 1.54) is 0 Å². The van der Waals surface area contributed by atoms with Gasteiger partial charge in [0.2, 0.25) is 0 Å². The molecule has 2 aromatic rings. The van der Waals surface area contributed by atoms with Gasteiger partial charge in [-0.15, -0.1) is 0 Å². The number of allylic oxidation sites excluding steroid dienone is 5. The molecule has 2 bridgehead atoms. The van der Waals surface area contributed by atoms with Crippen molar-refractivity contribution in [3.05, 3.63) is 94.0 Å². The summed E-state index contributed by atoms with van der Waals surface area (Å²) in [4.78, 5) is 27.8. The predicted molar refractivity (Wildman–Crippen MR) is 170 cm³/mol. The first-order valence-electron chi connectivity index (χ1n) is 16.3. The van der Waals surface area contributed by atoms with E-state index in [1.807, 2.05) is 19.2 Å². The van der Waals surface area contributed by atoms with Crippen LogP contribution in [0.3, 0.4) is 0 Å². The number of cyclic esters (lactones) is 2. The Morgan fingerprint density at radius 3 is 2.57 bits per heavy atom. The van der Waals surface area contributed by atoms with Crippen LogP contribution in [0, 0.1) is 23.2 Å². The normalized spacial score (nSPS) is 28.8. The molecule has 1 spiro atoms. The van der Waals surface area contributed by atoms with E-state index < -0.39 is 5.41 Å². The Bertz CT molecular complexity index is 1680. The maximum absolute atomic E-state index is 14.1. The van der Waals surface area contributed by atoms with E-state index >= 15 is 0 Å². The number of phenols is 1. The second kappa shape index (κ2) is 11.2. The molecular weight excluding hydrogens is 550 g/mol. The molecule has 6 aliphatic rings. The van der Waals surface area contributed by atoms with Gasteiger partial charge in [0.25, 0.3) is 0 Å². The Morgan fingerprint density at radius 2 is 1.77 bits per heavy atom. The third-order valence-corrected chi connectivity index (χ3v) is 10.5. The predicted octanol–water partition coefficient (Wildman–Crippen LogP) is 7.75. The first kappa shape index (κ1) is 28.8. The fourth-order valence-electron chi connectivity index (χ4n) is 8.87. The molecule has 2 fully saturated rings. The van der Waals surface area contributed by atoms with Gasteiger partial charge in [0.1, 0.15) is 17.3 Å². The number of unbranched alkanes of at least 4 members (excludes halogenated alkanes) is 2. The highest BCUT2D eigenvalue weighted by molar-refractivity contribution is 6.07.